The molecule has 0 bridgehead atoms. The van der Waals surface area contributed by atoms with Gasteiger partial charge < -0.3 is 20.7 Å². The molecule has 208 valence electrons. The third kappa shape index (κ3) is 8.54. The molecule has 1 aliphatic carbocycles. The molecular formula is C29H36BrN5O4. The van der Waals surface area contributed by atoms with E-state index in [4.69, 9.17) is 4.74 Å². The molecule has 1 saturated carbocycles. The summed E-state index contributed by atoms with van der Waals surface area (Å²) < 4.78 is 6.22. The van der Waals surface area contributed by atoms with Crippen molar-refractivity contribution in [2.75, 3.05) is 11.9 Å². The molecule has 1 aliphatic rings. The Kier molecular flexibility index (Phi) is 9.27. The number of hydrogen-bond donors (Lipinski definition) is 4. The average Bonchev–Trinajstić information content (AvgIpc) is 3.34. The molecule has 4 N–H and O–H groups in total. The number of rotatable bonds is 8. The molecule has 10 heteroatoms. The number of alkyl carbamates (subject to hydrolysis) is 1. The van der Waals surface area contributed by atoms with E-state index >= 15 is 0 Å². The van der Waals surface area contributed by atoms with Crippen molar-refractivity contribution in [2.24, 2.45) is 11.8 Å². The fourth-order valence-electron chi connectivity index (χ4n) is 4.81. The largest absolute Gasteiger partial charge is 0.444 e. The summed E-state index contributed by atoms with van der Waals surface area (Å²) in [5.74, 6) is -0.285. The number of aromatic nitrogens is 2. The van der Waals surface area contributed by atoms with E-state index in [2.05, 4.69) is 42.1 Å². The van der Waals surface area contributed by atoms with Gasteiger partial charge in [0, 0.05) is 34.4 Å². The number of fused-ring (bicyclic) bond motifs is 1. The van der Waals surface area contributed by atoms with Gasteiger partial charge in [-0.2, -0.15) is 5.10 Å². The number of nitrogens with one attached hydrogen (secondary N) is 4. The van der Waals surface area contributed by atoms with Gasteiger partial charge in [0.2, 0.25) is 11.8 Å². The topological polar surface area (TPSA) is 125 Å². The second-order valence-corrected chi connectivity index (χ2v) is 12.1. The van der Waals surface area contributed by atoms with E-state index < -0.39 is 17.7 Å². The number of hydrogen-bond acceptors (Lipinski definition) is 5. The van der Waals surface area contributed by atoms with Gasteiger partial charge in [-0.25, -0.2) is 4.79 Å². The van der Waals surface area contributed by atoms with Crippen LogP contribution in [0.1, 0.15) is 52.0 Å². The van der Waals surface area contributed by atoms with Crippen LogP contribution in [-0.4, -0.2) is 46.3 Å². The first kappa shape index (κ1) is 28.6. The lowest BCUT2D eigenvalue weighted by Crippen LogP contribution is -2.48. The first-order chi connectivity index (χ1) is 18.6. The Bertz CT molecular complexity index is 1310. The summed E-state index contributed by atoms with van der Waals surface area (Å²) in [6, 6.07) is 12.5. The monoisotopic (exact) mass is 597 g/mol. The maximum Gasteiger partial charge on any atom is 0.407 e. The second-order valence-electron chi connectivity index (χ2n) is 11.2. The maximum atomic E-state index is 13.4. The van der Waals surface area contributed by atoms with E-state index in [9.17, 15) is 14.4 Å². The third-order valence-electron chi connectivity index (χ3n) is 6.82. The molecule has 1 heterocycles. The highest BCUT2D eigenvalue weighted by atomic mass is 79.9. The number of carbonyl (C=O) groups is 3. The van der Waals surface area contributed by atoms with E-state index in [1.165, 1.54) is 0 Å². The minimum absolute atomic E-state index is 0.118. The van der Waals surface area contributed by atoms with Crippen molar-refractivity contribution in [3.8, 4) is 0 Å². The fraction of sp³-hybridized carbons (Fsp3) is 0.448. The fourth-order valence-corrected chi connectivity index (χ4v) is 5.26. The SMILES string of the molecule is CC(C)(C)OC(=O)NCC1CCC(C(=O)N[C@@H](Cc2cccc(Br)c2)C(=O)Nc2ccc3cn[nH]c3c2)CC1. The van der Waals surface area contributed by atoms with Crippen LogP contribution in [0.3, 0.4) is 0 Å². The summed E-state index contributed by atoms with van der Waals surface area (Å²) in [5, 5.41) is 16.7. The minimum Gasteiger partial charge on any atom is -0.444 e. The number of nitrogens with zero attached hydrogens (tertiary/aromatic N) is 1. The Morgan fingerprint density at radius 2 is 1.87 bits per heavy atom. The second kappa shape index (κ2) is 12.6. The van der Waals surface area contributed by atoms with Crippen LogP contribution in [0.2, 0.25) is 0 Å². The van der Waals surface area contributed by atoms with Crippen molar-refractivity contribution in [1.29, 1.82) is 0 Å². The third-order valence-corrected chi connectivity index (χ3v) is 7.32. The van der Waals surface area contributed by atoms with Crippen molar-refractivity contribution in [2.45, 2.75) is 64.5 Å². The van der Waals surface area contributed by atoms with Crippen LogP contribution < -0.4 is 16.0 Å². The van der Waals surface area contributed by atoms with Crippen LogP contribution >= 0.6 is 15.9 Å². The Hall–Kier alpha value is -3.40. The highest BCUT2D eigenvalue weighted by molar-refractivity contribution is 9.10. The molecule has 3 aromatic rings. The molecule has 4 rings (SSSR count). The van der Waals surface area contributed by atoms with Crippen molar-refractivity contribution in [3.05, 3.63) is 58.7 Å². The van der Waals surface area contributed by atoms with E-state index in [1.807, 2.05) is 63.2 Å². The van der Waals surface area contributed by atoms with Gasteiger partial charge in [-0.1, -0.05) is 28.1 Å². The predicted octanol–water partition coefficient (Wildman–Crippen LogP) is 5.32. The van der Waals surface area contributed by atoms with Gasteiger partial charge in [0.25, 0.3) is 0 Å². The summed E-state index contributed by atoms with van der Waals surface area (Å²) in [4.78, 5) is 38.6. The number of anilines is 1. The highest BCUT2D eigenvalue weighted by Gasteiger charge is 2.30. The smallest absolute Gasteiger partial charge is 0.407 e. The van der Waals surface area contributed by atoms with Crippen LogP contribution in [-0.2, 0) is 20.7 Å². The number of ether oxygens (including phenoxy) is 1. The van der Waals surface area contributed by atoms with Gasteiger partial charge in [0.05, 0.1) is 11.7 Å². The van der Waals surface area contributed by atoms with Gasteiger partial charge in [-0.15, -0.1) is 0 Å². The summed E-state index contributed by atoms with van der Waals surface area (Å²) in [6.45, 7) is 6.02. The van der Waals surface area contributed by atoms with Crippen LogP contribution in [0.4, 0.5) is 10.5 Å². The molecule has 0 unspecified atom stereocenters. The van der Waals surface area contributed by atoms with E-state index in [0.717, 1.165) is 33.8 Å². The van der Waals surface area contributed by atoms with E-state index in [0.29, 0.717) is 37.4 Å². The minimum atomic E-state index is -0.740. The number of aromatic amines is 1. The van der Waals surface area contributed by atoms with Gasteiger partial charge >= 0.3 is 6.09 Å². The lowest BCUT2D eigenvalue weighted by molar-refractivity contribution is -0.130. The molecule has 1 atom stereocenters. The lowest BCUT2D eigenvalue weighted by atomic mass is 9.81. The zero-order chi connectivity index (χ0) is 28.0. The molecule has 0 spiro atoms. The number of carbonyl (C=O) groups excluding carboxylic acids is 3. The normalized spacial score (nSPS) is 18.3. The molecule has 1 aromatic heterocycles. The molecule has 0 aliphatic heterocycles. The number of amides is 3. The van der Waals surface area contributed by atoms with Crippen LogP contribution in [0.25, 0.3) is 10.9 Å². The van der Waals surface area contributed by atoms with Crippen molar-refractivity contribution >= 4 is 50.4 Å². The molecule has 3 amide bonds. The highest BCUT2D eigenvalue weighted by Crippen LogP contribution is 2.29. The van der Waals surface area contributed by atoms with Gasteiger partial charge in [0.1, 0.15) is 11.6 Å². The average molecular weight is 599 g/mol. The number of H-pyrrole nitrogens is 1. The zero-order valence-corrected chi connectivity index (χ0v) is 24.1. The summed E-state index contributed by atoms with van der Waals surface area (Å²) in [7, 11) is 0. The van der Waals surface area contributed by atoms with Crippen molar-refractivity contribution < 1.29 is 19.1 Å². The standard InChI is InChI=1S/C29H36BrN5O4/c1-29(2,3)39-28(38)31-16-18-7-9-20(10-8-18)26(36)34-25(14-19-5-4-6-22(30)13-19)27(37)33-23-12-11-21-17-32-35-24(21)15-23/h4-6,11-13,15,17-18,20,25H,7-10,14,16H2,1-3H3,(H,31,38)(H,32,35)(H,33,37)(H,34,36)/t18?,20?,25-/m0/s1. The summed E-state index contributed by atoms with van der Waals surface area (Å²) in [6.07, 6.45) is 4.71. The van der Waals surface area contributed by atoms with Crippen molar-refractivity contribution in [1.82, 2.24) is 20.8 Å². The molecular weight excluding hydrogens is 562 g/mol. The summed E-state index contributed by atoms with van der Waals surface area (Å²) in [5.41, 5.74) is 1.84. The Balaban J connectivity index is 1.35. The Labute approximate surface area is 237 Å². The molecule has 0 saturated heterocycles. The molecule has 1 fully saturated rings. The van der Waals surface area contributed by atoms with Gasteiger partial charge in [0.15, 0.2) is 0 Å². The Morgan fingerprint density at radius 1 is 1.10 bits per heavy atom. The van der Waals surface area contributed by atoms with Crippen LogP contribution in [0.15, 0.2) is 53.1 Å². The van der Waals surface area contributed by atoms with Crippen molar-refractivity contribution in [3.63, 3.8) is 0 Å². The molecule has 39 heavy (non-hydrogen) atoms. The first-order valence-corrected chi connectivity index (χ1v) is 14.1. The zero-order valence-electron chi connectivity index (χ0n) is 22.6. The molecule has 0 radical (unpaired) electrons. The Morgan fingerprint density at radius 3 is 2.59 bits per heavy atom. The number of benzene rings is 2. The predicted molar refractivity (Wildman–Crippen MR) is 154 cm³/mol. The maximum absolute atomic E-state index is 13.4. The molecule has 9 nitrogen and oxygen atoms in total. The van der Waals surface area contributed by atoms with Crippen LogP contribution in [0, 0.1) is 11.8 Å². The van der Waals surface area contributed by atoms with E-state index in [-0.39, 0.29) is 17.7 Å². The quantitative estimate of drug-likeness (QED) is 0.279. The molecule has 2 aromatic carbocycles. The first-order valence-electron chi connectivity index (χ1n) is 13.3. The van der Waals surface area contributed by atoms with Gasteiger partial charge in [-0.3, -0.25) is 14.7 Å². The summed E-state index contributed by atoms with van der Waals surface area (Å²) >= 11 is 3.49. The van der Waals surface area contributed by atoms with Crippen LogP contribution in [0.5, 0.6) is 0 Å². The van der Waals surface area contributed by atoms with E-state index in [1.54, 1.807) is 6.20 Å². The number of halogens is 1. The van der Waals surface area contributed by atoms with Gasteiger partial charge in [-0.05, 0) is 88.3 Å². The lowest BCUT2D eigenvalue weighted by Gasteiger charge is -2.29.